The van der Waals surface area contributed by atoms with Crippen LogP contribution in [0.4, 0.5) is 11.4 Å². The smallest absolute Gasteiger partial charge is 0.240 e. The summed E-state index contributed by atoms with van der Waals surface area (Å²) in [5, 5.41) is 5.10. The van der Waals surface area contributed by atoms with E-state index in [1.165, 1.54) is 6.07 Å². The first kappa shape index (κ1) is 11.2. The van der Waals surface area contributed by atoms with E-state index in [9.17, 15) is 8.42 Å². The molecular weight excluding hydrogens is 226 g/mol. The first-order chi connectivity index (χ1) is 7.50. The molecule has 0 unspecified atom stereocenters. The Bertz CT molecular complexity index is 493. The number of hydrogen-bond acceptors (Lipinski definition) is 4. The highest BCUT2D eigenvalue weighted by molar-refractivity contribution is 7.89. The molecule has 6 heteroatoms. The van der Waals surface area contributed by atoms with Gasteiger partial charge in [0, 0.05) is 13.1 Å². The molecule has 0 spiro atoms. The molecule has 0 radical (unpaired) electrons. The molecule has 1 fully saturated rings. The molecule has 16 heavy (non-hydrogen) atoms. The summed E-state index contributed by atoms with van der Waals surface area (Å²) in [5.41, 5.74) is 6.87. The Labute approximate surface area is 95.1 Å². The average Bonchev–Trinajstić information content (AvgIpc) is 2.69. The minimum Gasteiger partial charge on any atom is -0.396 e. The first-order valence-corrected chi connectivity index (χ1v) is 6.71. The Morgan fingerprint density at radius 1 is 1.19 bits per heavy atom. The van der Waals surface area contributed by atoms with E-state index < -0.39 is 10.0 Å². The van der Waals surface area contributed by atoms with Crippen LogP contribution < -0.4 is 15.8 Å². The van der Waals surface area contributed by atoms with Crippen molar-refractivity contribution in [1.82, 2.24) is 0 Å². The van der Waals surface area contributed by atoms with E-state index in [-0.39, 0.29) is 10.6 Å². The van der Waals surface area contributed by atoms with Crippen LogP contribution in [0.5, 0.6) is 0 Å². The summed E-state index contributed by atoms with van der Waals surface area (Å²) in [7, 11) is -3.74. The third-order valence-corrected chi connectivity index (χ3v) is 3.77. The molecule has 5 nitrogen and oxygen atoms in total. The predicted octanol–water partition coefficient (Wildman–Crippen LogP) is 0.516. The van der Waals surface area contributed by atoms with Crippen molar-refractivity contribution >= 4 is 21.4 Å². The predicted molar refractivity (Wildman–Crippen MR) is 63.7 cm³/mol. The van der Waals surface area contributed by atoms with Gasteiger partial charge in [-0.2, -0.15) is 0 Å². The maximum atomic E-state index is 11.3. The number of rotatable bonds is 2. The van der Waals surface area contributed by atoms with Gasteiger partial charge in [0.1, 0.15) is 4.90 Å². The van der Waals surface area contributed by atoms with E-state index in [0.717, 1.165) is 31.6 Å². The summed E-state index contributed by atoms with van der Waals surface area (Å²) in [5.74, 6) is 0. The van der Waals surface area contributed by atoms with E-state index in [2.05, 4.69) is 4.90 Å². The molecule has 1 aliphatic rings. The van der Waals surface area contributed by atoms with Gasteiger partial charge in [0.2, 0.25) is 10.0 Å². The Hall–Kier alpha value is -1.27. The molecule has 0 aliphatic carbocycles. The molecule has 1 aromatic carbocycles. The van der Waals surface area contributed by atoms with Gasteiger partial charge in [-0.1, -0.05) is 6.07 Å². The molecule has 1 aliphatic heterocycles. The first-order valence-electron chi connectivity index (χ1n) is 5.16. The van der Waals surface area contributed by atoms with Crippen molar-refractivity contribution in [2.45, 2.75) is 17.7 Å². The summed E-state index contributed by atoms with van der Waals surface area (Å²) >= 11 is 0. The largest absolute Gasteiger partial charge is 0.396 e. The zero-order valence-electron chi connectivity index (χ0n) is 8.89. The zero-order valence-corrected chi connectivity index (χ0v) is 9.70. The number of hydrogen-bond donors (Lipinski definition) is 2. The van der Waals surface area contributed by atoms with E-state index in [1.54, 1.807) is 6.07 Å². The van der Waals surface area contributed by atoms with Gasteiger partial charge in [0.05, 0.1) is 11.4 Å². The highest BCUT2D eigenvalue weighted by atomic mass is 32.2. The van der Waals surface area contributed by atoms with Gasteiger partial charge in [-0.05, 0) is 25.0 Å². The summed E-state index contributed by atoms with van der Waals surface area (Å²) in [4.78, 5) is 2.10. The Morgan fingerprint density at radius 2 is 1.81 bits per heavy atom. The second kappa shape index (κ2) is 3.95. The summed E-state index contributed by atoms with van der Waals surface area (Å²) in [6.07, 6.45) is 2.22. The molecule has 1 saturated heterocycles. The van der Waals surface area contributed by atoms with Crippen LogP contribution in [0, 0.1) is 0 Å². The van der Waals surface area contributed by atoms with E-state index in [0.29, 0.717) is 0 Å². The monoisotopic (exact) mass is 241 g/mol. The fourth-order valence-corrected chi connectivity index (χ4v) is 2.69. The number of nitrogen functional groups attached to an aromatic ring is 1. The number of nitrogens with zero attached hydrogens (tertiary/aromatic N) is 1. The third kappa shape index (κ3) is 1.98. The van der Waals surface area contributed by atoms with Crippen LogP contribution >= 0.6 is 0 Å². The number of primary sulfonamides is 1. The van der Waals surface area contributed by atoms with Crippen molar-refractivity contribution in [3.8, 4) is 0 Å². The highest BCUT2D eigenvalue weighted by Gasteiger charge is 2.20. The topological polar surface area (TPSA) is 89.4 Å². The quantitative estimate of drug-likeness (QED) is 0.738. The molecule has 4 N–H and O–H groups in total. The minimum atomic E-state index is -3.74. The Balaban J connectivity index is 2.48. The molecule has 0 amide bonds. The van der Waals surface area contributed by atoms with Crippen molar-refractivity contribution in [2.24, 2.45) is 5.14 Å². The van der Waals surface area contributed by atoms with Crippen LogP contribution in [0.2, 0.25) is 0 Å². The van der Waals surface area contributed by atoms with E-state index in [1.807, 2.05) is 6.07 Å². The second-order valence-electron chi connectivity index (χ2n) is 3.93. The number of anilines is 2. The van der Waals surface area contributed by atoms with Gasteiger partial charge in [-0.15, -0.1) is 0 Å². The van der Waals surface area contributed by atoms with Gasteiger partial charge in [0.15, 0.2) is 0 Å². The molecular formula is C10H15N3O2S. The second-order valence-corrected chi connectivity index (χ2v) is 5.46. The van der Waals surface area contributed by atoms with Crippen molar-refractivity contribution in [2.75, 3.05) is 23.7 Å². The van der Waals surface area contributed by atoms with Crippen molar-refractivity contribution < 1.29 is 8.42 Å². The number of para-hydroxylation sites is 1. The Kier molecular flexibility index (Phi) is 2.77. The van der Waals surface area contributed by atoms with Crippen molar-refractivity contribution in [1.29, 1.82) is 0 Å². The maximum absolute atomic E-state index is 11.3. The number of nitrogens with two attached hydrogens (primary N) is 2. The normalized spacial score (nSPS) is 16.7. The fourth-order valence-electron chi connectivity index (χ4n) is 2.01. The van der Waals surface area contributed by atoms with Crippen LogP contribution in [-0.2, 0) is 10.0 Å². The number of benzene rings is 1. The molecule has 0 atom stereocenters. The molecule has 0 aromatic heterocycles. The zero-order chi connectivity index (χ0) is 11.8. The summed E-state index contributed by atoms with van der Waals surface area (Å²) in [6, 6.07) is 4.93. The van der Waals surface area contributed by atoms with Crippen LogP contribution in [0.15, 0.2) is 23.1 Å². The lowest BCUT2D eigenvalue weighted by atomic mass is 10.2. The van der Waals surface area contributed by atoms with Gasteiger partial charge in [-0.3, -0.25) is 0 Å². The summed E-state index contributed by atoms with van der Waals surface area (Å²) in [6.45, 7) is 1.83. The molecule has 2 rings (SSSR count). The summed E-state index contributed by atoms with van der Waals surface area (Å²) < 4.78 is 22.6. The van der Waals surface area contributed by atoms with Crippen LogP contribution in [0.1, 0.15) is 12.8 Å². The minimum absolute atomic E-state index is 0.0110. The molecule has 1 aromatic rings. The Morgan fingerprint density at radius 3 is 2.38 bits per heavy atom. The molecule has 1 heterocycles. The van der Waals surface area contributed by atoms with Crippen LogP contribution in [-0.4, -0.2) is 21.5 Å². The fraction of sp³-hybridized carbons (Fsp3) is 0.400. The third-order valence-electron chi connectivity index (χ3n) is 2.80. The van der Waals surface area contributed by atoms with Crippen LogP contribution in [0.25, 0.3) is 0 Å². The molecule has 0 saturated carbocycles. The van der Waals surface area contributed by atoms with Gasteiger partial charge >= 0.3 is 0 Å². The number of sulfonamides is 1. The lowest BCUT2D eigenvalue weighted by molar-refractivity contribution is 0.598. The molecule has 0 bridgehead atoms. The van der Waals surface area contributed by atoms with Crippen molar-refractivity contribution in [3.63, 3.8) is 0 Å². The van der Waals surface area contributed by atoms with Gasteiger partial charge < -0.3 is 10.6 Å². The van der Waals surface area contributed by atoms with Gasteiger partial charge in [-0.25, -0.2) is 13.6 Å². The van der Waals surface area contributed by atoms with Crippen molar-refractivity contribution in [3.05, 3.63) is 18.2 Å². The highest BCUT2D eigenvalue weighted by Crippen LogP contribution is 2.31. The lowest BCUT2D eigenvalue weighted by Crippen LogP contribution is -2.21. The standard InChI is InChI=1S/C10H15N3O2S/c11-10-8(13-6-1-2-7-13)4-3-5-9(10)16(12,14)15/h3-5H,1-2,6-7,11H2,(H2,12,14,15). The molecule has 88 valence electrons. The average molecular weight is 241 g/mol. The SMILES string of the molecule is Nc1c(N2CCCC2)cccc1S(N)(=O)=O. The van der Waals surface area contributed by atoms with E-state index >= 15 is 0 Å². The van der Waals surface area contributed by atoms with E-state index in [4.69, 9.17) is 10.9 Å². The van der Waals surface area contributed by atoms with Crippen LogP contribution in [0.3, 0.4) is 0 Å². The van der Waals surface area contributed by atoms with Gasteiger partial charge in [0.25, 0.3) is 0 Å². The lowest BCUT2D eigenvalue weighted by Gasteiger charge is -2.20. The maximum Gasteiger partial charge on any atom is 0.240 e.